The molecule has 0 bridgehead atoms. The van der Waals surface area contributed by atoms with E-state index in [-0.39, 0.29) is 18.5 Å². The molecule has 3 N–H and O–H groups in total. The Morgan fingerprint density at radius 2 is 1.95 bits per heavy atom. The quantitative estimate of drug-likeness (QED) is 0.797. The molecule has 106 valence electrons. The lowest BCUT2D eigenvalue weighted by Crippen LogP contribution is -2.40. The van der Waals surface area contributed by atoms with Gasteiger partial charge in [0.15, 0.2) is 0 Å². The van der Waals surface area contributed by atoms with Crippen LogP contribution >= 0.6 is 0 Å². The number of nitrogen functional groups attached to an aromatic ring is 1. The second-order valence-electron chi connectivity index (χ2n) is 5.29. The molecule has 2 fully saturated rings. The minimum absolute atomic E-state index is 0.0694. The van der Waals surface area contributed by atoms with E-state index in [2.05, 4.69) is 5.32 Å². The van der Waals surface area contributed by atoms with Crippen molar-refractivity contribution in [2.75, 3.05) is 30.3 Å². The fourth-order valence-electron chi connectivity index (χ4n) is 2.30. The van der Waals surface area contributed by atoms with Crippen molar-refractivity contribution in [2.45, 2.75) is 18.9 Å². The molecule has 0 unspecified atom stereocenters. The molecule has 1 aliphatic heterocycles. The number of carbonyl (C=O) groups is 2. The van der Waals surface area contributed by atoms with Crippen LogP contribution in [-0.2, 0) is 4.79 Å². The van der Waals surface area contributed by atoms with Crippen LogP contribution in [-0.4, -0.2) is 42.5 Å². The summed E-state index contributed by atoms with van der Waals surface area (Å²) >= 11 is 0. The molecule has 3 rings (SSSR count). The monoisotopic (exact) mass is 274 g/mol. The lowest BCUT2D eigenvalue weighted by atomic mass is 10.2. The third-order valence-electron chi connectivity index (χ3n) is 3.58. The molecule has 1 aromatic rings. The van der Waals surface area contributed by atoms with Crippen LogP contribution in [0.1, 0.15) is 12.8 Å². The van der Waals surface area contributed by atoms with Gasteiger partial charge < -0.3 is 16.0 Å². The van der Waals surface area contributed by atoms with Crippen LogP contribution < -0.4 is 16.0 Å². The molecule has 20 heavy (non-hydrogen) atoms. The molecule has 0 atom stereocenters. The maximum absolute atomic E-state index is 12.3. The van der Waals surface area contributed by atoms with Crippen LogP contribution in [0.2, 0.25) is 0 Å². The van der Waals surface area contributed by atoms with Crippen molar-refractivity contribution in [1.82, 2.24) is 10.2 Å². The van der Waals surface area contributed by atoms with Gasteiger partial charge in [-0.05, 0) is 37.1 Å². The highest BCUT2D eigenvalue weighted by Crippen LogP contribution is 2.22. The second-order valence-corrected chi connectivity index (χ2v) is 5.29. The highest BCUT2D eigenvalue weighted by molar-refractivity contribution is 5.96. The van der Waals surface area contributed by atoms with Crippen LogP contribution in [0.25, 0.3) is 0 Å². The van der Waals surface area contributed by atoms with E-state index < -0.39 is 0 Å². The van der Waals surface area contributed by atoms with E-state index in [1.807, 2.05) is 12.1 Å². The summed E-state index contributed by atoms with van der Waals surface area (Å²) in [6.45, 7) is 1.31. The summed E-state index contributed by atoms with van der Waals surface area (Å²) in [6.07, 6.45) is 2.11. The summed E-state index contributed by atoms with van der Waals surface area (Å²) < 4.78 is 0. The summed E-state index contributed by atoms with van der Waals surface area (Å²) in [6, 6.07) is 7.38. The van der Waals surface area contributed by atoms with Crippen molar-refractivity contribution in [3.63, 3.8) is 0 Å². The van der Waals surface area contributed by atoms with E-state index in [4.69, 9.17) is 5.73 Å². The molecule has 0 radical (unpaired) electrons. The van der Waals surface area contributed by atoms with Crippen molar-refractivity contribution in [3.8, 4) is 0 Å². The molecule has 1 heterocycles. The standard InChI is InChI=1S/C14H18N4O2/c15-10-1-5-12(6-2-10)18-8-7-17(14(18)20)9-13(19)16-11-3-4-11/h1-2,5-6,11H,3-4,7-9,15H2,(H,16,19). The molecule has 3 amide bonds. The van der Waals surface area contributed by atoms with Crippen molar-refractivity contribution < 1.29 is 9.59 Å². The second kappa shape index (κ2) is 5.03. The zero-order chi connectivity index (χ0) is 14.1. The first kappa shape index (κ1) is 12.8. The minimum Gasteiger partial charge on any atom is -0.399 e. The number of hydrogen-bond donors (Lipinski definition) is 2. The van der Waals surface area contributed by atoms with Crippen LogP contribution in [0.3, 0.4) is 0 Å². The van der Waals surface area contributed by atoms with Crippen LogP contribution in [0.15, 0.2) is 24.3 Å². The lowest BCUT2D eigenvalue weighted by Gasteiger charge is -2.18. The number of nitrogens with zero attached hydrogens (tertiary/aromatic N) is 2. The number of benzene rings is 1. The molecule has 6 heteroatoms. The summed E-state index contributed by atoms with van der Waals surface area (Å²) in [4.78, 5) is 27.3. The number of urea groups is 1. The van der Waals surface area contributed by atoms with E-state index in [0.29, 0.717) is 24.8 Å². The maximum Gasteiger partial charge on any atom is 0.325 e. The highest BCUT2D eigenvalue weighted by atomic mass is 16.2. The number of hydrogen-bond acceptors (Lipinski definition) is 3. The predicted octanol–water partition coefficient (Wildman–Crippen LogP) is 0.789. The number of anilines is 2. The van der Waals surface area contributed by atoms with Crippen LogP contribution in [0.5, 0.6) is 0 Å². The van der Waals surface area contributed by atoms with Gasteiger partial charge in [0, 0.05) is 30.5 Å². The number of nitrogens with one attached hydrogen (secondary N) is 1. The summed E-state index contributed by atoms with van der Waals surface area (Å²) in [5.74, 6) is -0.0694. The number of rotatable bonds is 4. The normalized spacial score (nSPS) is 18.5. The Balaban J connectivity index is 1.61. The Hall–Kier alpha value is -2.24. The largest absolute Gasteiger partial charge is 0.399 e. The lowest BCUT2D eigenvalue weighted by molar-refractivity contribution is -0.121. The van der Waals surface area contributed by atoms with E-state index in [1.54, 1.807) is 21.9 Å². The summed E-state index contributed by atoms with van der Waals surface area (Å²) in [5.41, 5.74) is 7.12. The summed E-state index contributed by atoms with van der Waals surface area (Å²) in [7, 11) is 0. The Morgan fingerprint density at radius 3 is 2.60 bits per heavy atom. The third-order valence-corrected chi connectivity index (χ3v) is 3.58. The fourth-order valence-corrected chi connectivity index (χ4v) is 2.30. The third kappa shape index (κ3) is 2.68. The first-order chi connectivity index (χ1) is 9.63. The van der Waals surface area contributed by atoms with Crippen molar-refractivity contribution in [3.05, 3.63) is 24.3 Å². The van der Waals surface area contributed by atoms with Gasteiger partial charge in [-0.3, -0.25) is 9.69 Å². The average molecular weight is 274 g/mol. The molecular weight excluding hydrogens is 256 g/mol. The molecular formula is C14H18N4O2. The number of amides is 3. The van der Waals surface area contributed by atoms with E-state index in [9.17, 15) is 9.59 Å². The van der Waals surface area contributed by atoms with Gasteiger partial charge in [0.1, 0.15) is 6.54 Å². The van der Waals surface area contributed by atoms with E-state index >= 15 is 0 Å². The minimum atomic E-state index is -0.124. The molecule has 1 saturated carbocycles. The topological polar surface area (TPSA) is 78.7 Å². The van der Waals surface area contributed by atoms with E-state index in [0.717, 1.165) is 18.5 Å². The van der Waals surface area contributed by atoms with Crippen molar-refractivity contribution in [1.29, 1.82) is 0 Å². The van der Waals surface area contributed by atoms with Crippen molar-refractivity contribution >= 4 is 23.3 Å². The van der Waals surface area contributed by atoms with Crippen molar-refractivity contribution in [2.24, 2.45) is 0 Å². The molecule has 1 aliphatic carbocycles. The van der Waals surface area contributed by atoms with Gasteiger partial charge in [0.2, 0.25) is 5.91 Å². The first-order valence-corrected chi connectivity index (χ1v) is 6.85. The zero-order valence-electron chi connectivity index (χ0n) is 11.2. The molecule has 1 aromatic carbocycles. The maximum atomic E-state index is 12.3. The van der Waals surface area contributed by atoms with Crippen LogP contribution in [0.4, 0.5) is 16.2 Å². The first-order valence-electron chi connectivity index (χ1n) is 6.85. The molecule has 0 spiro atoms. The van der Waals surface area contributed by atoms with Gasteiger partial charge in [-0.15, -0.1) is 0 Å². The van der Waals surface area contributed by atoms with Gasteiger partial charge in [0.25, 0.3) is 0 Å². The Kier molecular flexibility index (Phi) is 3.22. The number of carbonyl (C=O) groups excluding carboxylic acids is 2. The Bertz CT molecular complexity index is 524. The summed E-state index contributed by atoms with van der Waals surface area (Å²) in [5, 5.41) is 2.90. The van der Waals surface area contributed by atoms with Gasteiger partial charge in [-0.25, -0.2) is 4.79 Å². The highest BCUT2D eigenvalue weighted by Gasteiger charge is 2.32. The van der Waals surface area contributed by atoms with E-state index in [1.165, 1.54) is 0 Å². The Morgan fingerprint density at radius 1 is 1.25 bits per heavy atom. The predicted molar refractivity (Wildman–Crippen MR) is 76.3 cm³/mol. The smallest absolute Gasteiger partial charge is 0.325 e. The SMILES string of the molecule is Nc1ccc(N2CCN(CC(=O)NC3CC3)C2=O)cc1. The number of nitrogens with two attached hydrogens (primary N) is 1. The van der Waals surface area contributed by atoms with Gasteiger partial charge >= 0.3 is 6.03 Å². The van der Waals surface area contributed by atoms with Gasteiger partial charge in [-0.1, -0.05) is 0 Å². The molecule has 1 saturated heterocycles. The Labute approximate surface area is 117 Å². The van der Waals surface area contributed by atoms with Crippen LogP contribution in [0, 0.1) is 0 Å². The molecule has 0 aromatic heterocycles. The molecule has 2 aliphatic rings. The fraction of sp³-hybridized carbons (Fsp3) is 0.429. The van der Waals surface area contributed by atoms with Gasteiger partial charge in [0.05, 0.1) is 0 Å². The van der Waals surface area contributed by atoms with Gasteiger partial charge in [-0.2, -0.15) is 0 Å². The molecule has 6 nitrogen and oxygen atoms in total. The zero-order valence-corrected chi connectivity index (χ0v) is 11.2. The average Bonchev–Trinajstić information content (AvgIpc) is 3.16.